The third-order valence-electron chi connectivity index (χ3n) is 3.15. The Kier molecular flexibility index (Phi) is 3.53. The highest BCUT2D eigenvalue weighted by Crippen LogP contribution is 2.42. The van der Waals surface area contributed by atoms with Crippen molar-refractivity contribution in [3.05, 3.63) is 0 Å². The van der Waals surface area contributed by atoms with Gasteiger partial charge in [0.25, 0.3) is 0 Å². The SMILES string of the molecule is COC(=O)CC(O)C1CCC(C)(C)C1. The van der Waals surface area contributed by atoms with E-state index < -0.39 is 6.10 Å². The van der Waals surface area contributed by atoms with Crippen LogP contribution in [-0.4, -0.2) is 24.3 Å². The molecule has 1 fully saturated rings. The molecule has 0 bridgehead atoms. The largest absolute Gasteiger partial charge is 0.469 e. The summed E-state index contributed by atoms with van der Waals surface area (Å²) >= 11 is 0. The van der Waals surface area contributed by atoms with E-state index in [2.05, 4.69) is 18.6 Å². The van der Waals surface area contributed by atoms with Crippen molar-refractivity contribution in [2.75, 3.05) is 7.11 Å². The number of hydrogen-bond acceptors (Lipinski definition) is 3. The third kappa shape index (κ3) is 2.98. The van der Waals surface area contributed by atoms with Gasteiger partial charge >= 0.3 is 5.97 Å². The highest BCUT2D eigenvalue weighted by Gasteiger charge is 2.35. The van der Waals surface area contributed by atoms with Crippen LogP contribution >= 0.6 is 0 Å². The van der Waals surface area contributed by atoms with Crippen molar-refractivity contribution in [3.63, 3.8) is 0 Å². The zero-order valence-corrected chi connectivity index (χ0v) is 9.25. The van der Waals surface area contributed by atoms with Gasteiger partial charge in [0.2, 0.25) is 0 Å². The topological polar surface area (TPSA) is 46.5 Å². The molecule has 1 aliphatic carbocycles. The Balaban J connectivity index is 2.39. The van der Waals surface area contributed by atoms with Gasteiger partial charge in [-0.1, -0.05) is 13.8 Å². The maximum absolute atomic E-state index is 11.0. The van der Waals surface area contributed by atoms with Gasteiger partial charge in [0.1, 0.15) is 0 Å². The fraction of sp³-hybridized carbons (Fsp3) is 0.909. The molecular formula is C11H20O3. The van der Waals surface area contributed by atoms with E-state index in [4.69, 9.17) is 0 Å². The molecule has 3 heteroatoms. The molecule has 3 nitrogen and oxygen atoms in total. The van der Waals surface area contributed by atoms with Crippen LogP contribution in [0.25, 0.3) is 0 Å². The zero-order valence-electron chi connectivity index (χ0n) is 9.25. The number of ether oxygens (including phenoxy) is 1. The van der Waals surface area contributed by atoms with E-state index >= 15 is 0 Å². The summed E-state index contributed by atoms with van der Waals surface area (Å²) in [5.74, 6) is -0.0497. The van der Waals surface area contributed by atoms with Crippen molar-refractivity contribution < 1.29 is 14.6 Å². The maximum atomic E-state index is 11.0. The molecule has 1 aliphatic rings. The highest BCUT2D eigenvalue weighted by atomic mass is 16.5. The molecule has 2 unspecified atom stereocenters. The second kappa shape index (κ2) is 4.30. The molecule has 82 valence electrons. The fourth-order valence-electron chi connectivity index (χ4n) is 2.24. The second-order valence-electron chi connectivity index (χ2n) is 5.01. The van der Waals surface area contributed by atoms with Crippen LogP contribution in [0.5, 0.6) is 0 Å². The van der Waals surface area contributed by atoms with Crippen molar-refractivity contribution >= 4 is 5.97 Å². The van der Waals surface area contributed by atoms with Crippen LogP contribution in [0.3, 0.4) is 0 Å². The molecule has 2 atom stereocenters. The van der Waals surface area contributed by atoms with E-state index in [1.165, 1.54) is 7.11 Å². The Labute approximate surface area is 85.5 Å². The van der Waals surface area contributed by atoms with Crippen molar-refractivity contribution in [1.82, 2.24) is 0 Å². The lowest BCUT2D eigenvalue weighted by molar-refractivity contribution is -0.143. The Hall–Kier alpha value is -0.570. The van der Waals surface area contributed by atoms with Gasteiger partial charge in [-0.05, 0) is 30.6 Å². The van der Waals surface area contributed by atoms with E-state index in [0.29, 0.717) is 5.41 Å². The van der Waals surface area contributed by atoms with Crippen LogP contribution in [-0.2, 0) is 9.53 Å². The van der Waals surface area contributed by atoms with Gasteiger partial charge in [-0.15, -0.1) is 0 Å². The zero-order chi connectivity index (χ0) is 10.8. The lowest BCUT2D eigenvalue weighted by Crippen LogP contribution is -2.23. The van der Waals surface area contributed by atoms with Gasteiger partial charge in [-0.25, -0.2) is 0 Å². The van der Waals surface area contributed by atoms with Crippen molar-refractivity contribution in [2.24, 2.45) is 11.3 Å². The predicted octanol–water partition coefficient (Wildman–Crippen LogP) is 1.74. The number of rotatable bonds is 3. The van der Waals surface area contributed by atoms with Crippen LogP contribution in [0.15, 0.2) is 0 Å². The van der Waals surface area contributed by atoms with E-state index in [1.807, 2.05) is 0 Å². The Bertz CT molecular complexity index is 211. The van der Waals surface area contributed by atoms with E-state index in [-0.39, 0.29) is 18.3 Å². The average molecular weight is 200 g/mol. The summed E-state index contributed by atoms with van der Waals surface area (Å²) < 4.78 is 4.53. The molecule has 0 heterocycles. The quantitative estimate of drug-likeness (QED) is 0.706. The molecule has 0 radical (unpaired) electrons. The summed E-state index contributed by atoms with van der Waals surface area (Å²) in [5, 5.41) is 9.78. The number of carbonyl (C=O) groups is 1. The number of carbonyl (C=O) groups excluding carboxylic acids is 1. The fourth-order valence-corrected chi connectivity index (χ4v) is 2.24. The minimum atomic E-state index is -0.524. The highest BCUT2D eigenvalue weighted by molar-refractivity contribution is 5.69. The van der Waals surface area contributed by atoms with E-state index in [9.17, 15) is 9.90 Å². The summed E-state index contributed by atoms with van der Waals surface area (Å²) in [6.07, 6.45) is 2.77. The molecule has 0 amide bonds. The van der Waals surface area contributed by atoms with Crippen LogP contribution in [0, 0.1) is 11.3 Å². The number of hydrogen-bond donors (Lipinski definition) is 1. The summed E-state index contributed by atoms with van der Waals surface area (Å²) in [6, 6.07) is 0. The minimum Gasteiger partial charge on any atom is -0.469 e. The minimum absolute atomic E-state index is 0.136. The summed E-state index contributed by atoms with van der Waals surface area (Å²) in [6.45, 7) is 4.41. The molecule has 14 heavy (non-hydrogen) atoms. The smallest absolute Gasteiger partial charge is 0.308 e. The van der Waals surface area contributed by atoms with E-state index in [0.717, 1.165) is 19.3 Å². The van der Waals surface area contributed by atoms with Gasteiger partial charge in [0.15, 0.2) is 0 Å². The summed E-state index contributed by atoms with van der Waals surface area (Å²) in [4.78, 5) is 11.0. The summed E-state index contributed by atoms with van der Waals surface area (Å²) in [7, 11) is 1.35. The van der Waals surface area contributed by atoms with Gasteiger partial charge in [-0.2, -0.15) is 0 Å². The molecule has 1 rings (SSSR count). The van der Waals surface area contributed by atoms with Crippen LogP contribution < -0.4 is 0 Å². The normalized spacial score (nSPS) is 27.3. The number of methoxy groups -OCH3 is 1. The molecule has 0 aromatic rings. The molecule has 1 N–H and O–H groups in total. The average Bonchev–Trinajstić information content (AvgIpc) is 2.46. The molecular weight excluding hydrogens is 180 g/mol. The predicted molar refractivity (Wildman–Crippen MR) is 53.8 cm³/mol. The maximum Gasteiger partial charge on any atom is 0.308 e. The molecule has 0 saturated heterocycles. The number of aliphatic hydroxyl groups excluding tert-OH is 1. The Morgan fingerprint density at radius 2 is 2.29 bits per heavy atom. The Morgan fingerprint density at radius 1 is 1.64 bits per heavy atom. The van der Waals surface area contributed by atoms with Crippen LogP contribution in [0.1, 0.15) is 39.5 Å². The van der Waals surface area contributed by atoms with Crippen molar-refractivity contribution in [2.45, 2.75) is 45.6 Å². The van der Waals surface area contributed by atoms with Gasteiger partial charge in [0, 0.05) is 0 Å². The first kappa shape index (κ1) is 11.5. The van der Waals surface area contributed by atoms with Gasteiger partial charge in [0.05, 0.1) is 19.6 Å². The lowest BCUT2D eigenvalue weighted by atomic mass is 9.88. The molecule has 0 aromatic heterocycles. The Morgan fingerprint density at radius 3 is 2.71 bits per heavy atom. The van der Waals surface area contributed by atoms with Gasteiger partial charge < -0.3 is 9.84 Å². The molecule has 0 spiro atoms. The first-order valence-corrected chi connectivity index (χ1v) is 5.19. The first-order valence-electron chi connectivity index (χ1n) is 5.19. The number of aliphatic hydroxyl groups is 1. The molecule has 1 saturated carbocycles. The summed E-state index contributed by atoms with van der Waals surface area (Å²) in [5.41, 5.74) is 0.321. The number of esters is 1. The second-order valence-corrected chi connectivity index (χ2v) is 5.01. The molecule has 0 aromatic carbocycles. The lowest BCUT2D eigenvalue weighted by Gasteiger charge is -2.20. The van der Waals surface area contributed by atoms with Crippen LogP contribution in [0.2, 0.25) is 0 Å². The van der Waals surface area contributed by atoms with Crippen molar-refractivity contribution in [1.29, 1.82) is 0 Å². The van der Waals surface area contributed by atoms with Crippen molar-refractivity contribution in [3.8, 4) is 0 Å². The molecule has 0 aliphatic heterocycles. The standard InChI is InChI=1S/C11H20O3/c1-11(2)5-4-8(7-11)9(12)6-10(13)14-3/h8-9,12H,4-7H2,1-3H3. The third-order valence-corrected chi connectivity index (χ3v) is 3.15. The van der Waals surface area contributed by atoms with Gasteiger partial charge in [-0.3, -0.25) is 4.79 Å². The van der Waals surface area contributed by atoms with E-state index in [1.54, 1.807) is 0 Å². The van der Waals surface area contributed by atoms with Crippen LogP contribution in [0.4, 0.5) is 0 Å². The monoisotopic (exact) mass is 200 g/mol. The first-order chi connectivity index (χ1) is 6.44.